The maximum atomic E-state index is 9.33. The molecule has 1 fully saturated rings. The molecule has 1 aliphatic carbocycles. The van der Waals surface area contributed by atoms with Crippen molar-refractivity contribution in [3.8, 4) is 6.07 Å². The Hall–Kier alpha value is -0.590. The summed E-state index contributed by atoms with van der Waals surface area (Å²) >= 11 is 0. The number of nitrogens with zero attached hydrogens (tertiary/aromatic N) is 2. The van der Waals surface area contributed by atoms with Gasteiger partial charge in [0, 0.05) is 13.1 Å². The molecule has 0 radical (unpaired) electrons. The van der Waals surface area contributed by atoms with Crippen LogP contribution in [0.3, 0.4) is 0 Å². The number of rotatable bonds is 6. The first-order chi connectivity index (χ1) is 7.04. The molecule has 3 nitrogen and oxygen atoms in total. The molecule has 0 saturated heterocycles. The molecule has 0 aromatic rings. The summed E-state index contributed by atoms with van der Waals surface area (Å²) in [6, 6.07) is 2.48. The third-order valence-corrected chi connectivity index (χ3v) is 3.12. The molecular weight excluding hydrogens is 186 g/mol. The van der Waals surface area contributed by atoms with Crippen molar-refractivity contribution in [2.45, 2.75) is 32.2 Å². The van der Waals surface area contributed by atoms with Crippen molar-refractivity contribution in [2.24, 2.45) is 11.8 Å². The van der Waals surface area contributed by atoms with Gasteiger partial charge in [-0.1, -0.05) is 13.8 Å². The summed E-state index contributed by atoms with van der Waals surface area (Å²) in [5, 5.41) is 12.6. The second-order valence-corrected chi connectivity index (χ2v) is 5.20. The first-order valence-electron chi connectivity index (χ1n) is 5.82. The standard InChI is InChI=1S/C12H23N3/c1-10(2)7-15(4)9-12(8-13,14-3)11-5-6-11/h10-11,14H,5-7,9H2,1-4H3. The van der Waals surface area contributed by atoms with E-state index < -0.39 is 0 Å². The van der Waals surface area contributed by atoms with E-state index in [4.69, 9.17) is 0 Å². The van der Waals surface area contributed by atoms with Gasteiger partial charge >= 0.3 is 0 Å². The van der Waals surface area contributed by atoms with Gasteiger partial charge in [0.2, 0.25) is 0 Å². The molecule has 0 aromatic heterocycles. The van der Waals surface area contributed by atoms with Crippen LogP contribution < -0.4 is 5.32 Å². The first kappa shape index (κ1) is 12.5. The fourth-order valence-electron chi connectivity index (χ4n) is 2.28. The molecule has 1 unspecified atom stereocenters. The lowest BCUT2D eigenvalue weighted by atomic mass is 9.94. The lowest BCUT2D eigenvalue weighted by Crippen LogP contribution is -2.52. The topological polar surface area (TPSA) is 39.1 Å². The smallest absolute Gasteiger partial charge is 0.122 e. The molecule has 1 rings (SSSR count). The Kier molecular flexibility index (Phi) is 4.12. The number of nitrogens with one attached hydrogen (secondary N) is 1. The average molecular weight is 209 g/mol. The number of hydrogen-bond donors (Lipinski definition) is 1. The summed E-state index contributed by atoms with van der Waals surface area (Å²) in [6.45, 7) is 6.31. The largest absolute Gasteiger partial charge is 0.303 e. The summed E-state index contributed by atoms with van der Waals surface area (Å²) < 4.78 is 0. The molecule has 0 bridgehead atoms. The molecule has 1 atom stereocenters. The van der Waals surface area contributed by atoms with E-state index in [9.17, 15) is 5.26 Å². The fourth-order valence-corrected chi connectivity index (χ4v) is 2.28. The Morgan fingerprint density at radius 1 is 1.53 bits per heavy atom. The molecule has 0 heterocycles. The zero-order valence-electron chi connectivity index (χ0n) is 10.4. The summed E-state index contributed by atoms with van der Waals surface area (Å²) in [4.78, 5) is 2.27. The molecule has 1 N–H and O–H groups in total. The van der Waals surface area contributed by atoms with Crippen molar-refractivity contribution < 1.29 is 0 Å². The van der Waals surface area contributed by atoms with Gasteiger partial charge in [0.1, 0.15) is 5.54 Å². The monoisotopic (exact) mass is 209 g/mol. The Bertz CT molecular complexity index is 240. The highest BCUT2D eigenvalue weighted by Gasteiger charge is 2.45. The van der Waals surface area contributed by atoms with E-state index in [0.717, 1.165) is 13.1 Å². The maximum absolute atomic E-state index is 9.33. The SMILES string of the molecule is CNC(C#N)(CN(C)CC(C)C)C1CC1. The van der Waals surface area contributed by atoms with Crippen LogP contribution in [0.4, 0.5) is 0 Å². The lowest BCUT2D eigenvalue weighted by molar-refractivity contribution is 0.218. The summed E-state index contributed by atoms with van der Waals surface area (Å²) in [5.74, 6) is 1.21. The first-order valence-corrected chi connectivity index (χ1v) is 5.82. The van der Waals surface area contributed by atoms with Crippen LogP contribution in [0.1, 0.15) is 26.7 Å². The van der Waals surface area contributed by atoms with Gasteiger partial charge in [-0.05, 0) is 38.8 Å². The molecule has 0 aliphatic heterocycles. The molecule has 3 heteroatoms. The van der Waals surface area contributed by atoms with E-state index in [-0.39, 0.29) is 5.54 Å². The van der Waals surface area contributed by atoms with Crippen LogP contribution in [0, 0.1) is 23.2 Å². The van der Waals surface area contributed by atoms with Gasteiger partial charge in [-0.25, -0.2) is 0 Å². The third-order valence-electron chi connectivity index (χ3n) is 3.12. The van der Waals surface area contributed by atoms with Crippen molar-refractivity contribution in [1.82, 2.24) is 10.2 Å². The fraction of sp³-hybridized carbons (Fsp3) is 0.917. The van der Waals surface area contributed by atoms with Gasteiger partial charge in [0.15, 0.2) is 0 Å². The van der Waals surface area contributed by atoms with Gasteiger partial charge < -0.3 is 10.2 Å². The average Bonchev–Trinajstić information content (AvgIpc) is 2.96. The van der Waals surface area contributed by atoms with Crippen LogP contribution in [0.15, 0.2) is 0 Å². The summed E-state index contributed by atoms with van der Waals surface area (Å²) in [5.41, 5.74) is -0.316. The van der Waals surface area contributed by atoms with Crippen LogP contribution >= 0.6 is 0 Å². The maximum Gasteiger partial charge on any atom is 0.122 e. The molecule has 0 amide bonds. The molecule has 15 heavy (non-hydrogen) atoms. The summed E-state index contributed by atoms with van der Waals surface area (Å²) in [6.07, 6.45) is 2.40. The van der Waals surface area contributed by atoms with Crippen molar-refractivity contribution in [2.75, 3.05) is 27.2 Å². The lowest BCUT2D eigenvalue weighted by Gasteiger charge is -2.31. The minimum absolute atomic E-state index is 0.316. The van der Waals surface area contributed by atoms with E-state index in [1.165, 1.54) is 12.8 Å². The predicted molar refractivity (Wildman–Crippen MR) is 62.5 cm³/mol. The minimum Gasteiger partial charge on any atom is -0.303 e. The van der Waals surface area contributed by atoms with Crippen molar-refractivity contribution in [3.63, 3.8) is 0 Å². The van der Waals surface area contributed by atoms with Gasteiger partial charge in [-0.15, -0.1) is 0 Å². The van der Waals surface area contributed by atoms with E-state index >= 15 is 0 Å². The number of hydrogen-bond acceptors (Lipinski definition) is 3. The van der Waals surface area contributed by atoms with Crippen LogP contribution in [0.5, 0.6) is 0 Å². The molecule has 0 aromatic carbocycles. The van der Waals surface area contributed by atoms with Crippen molar-refractivity contribution in [3.05, 3.63) is 0 Å². The Morgan fingerprint density at radius 3 is 2.47 bits per heavy atom. The quantitative estimate of drug-likeness (QED) is 0.720. The third kappa shape index (κ3) is 3.19. The van der Waals surface area contributed by atoms with Gasteiger partial charge in [0.25, 0.3) is 0 Å². The second kappa shape index (κ2) is 4.96. The molecule has 0 spiro atoms. The van der Waals surface area contributed by atoms with Crippen LogP contribution in [0.2, 0.25) is 0 Å². The van der Waals surface area contributed by atoms with Crippen LogP contribution in [-0.2, 0) is 0 Å². The van der Waals surface area contributed by atoms with Gasteiger partial charge in [-0.3, -0.25) is 0 Å². The highest BCUT2D eigenvalue weighted by Crippen LogP contribution is 2.39. The zero-order valence-corrected chi connectivity index (χ0v) is 10.4. The number of likely N-dealkylation sites (N-methyl/N-ethyl adjacent to an activating group) is 2. The van der Waals surface area contributed by atoms with Crippen molar-refractivity contribution in [1.29, 1.82) is 5.26 Å². The molecular formula is C12H23N3. The minimum atomic E-state index is -0.316. The van der Waals surface area contributed by atoms with E-state index in [0.29, 0.717) is 11.8 Å². The number of nitriles is 1. The predicted octanol–water partition coefficient (Wildman–Crippen LogP) is 1.47. The van der Waals surface area contributed by atoms with Gasteiger partial charge in [-0.2, -0.15) is 5.26 Å². The van der Waals surface area contributed by atoms with E-state index in [1.807, 2.05) is 7.05 Å². The van der Waals surface area contributed by atoms with E-state index in [2.05, 4.69) is 37.2 Å². The Balaban J connectivity index is 2.55. The highest BCUT2D eigenvalue weighted by molar-refractivity contribution is 5.16. The zero-order chi connectivity index (χ0) is 11.5. The Labute approximate surface area is 93.5 Å². The Morgan fingerprint density at radius 2 is 2.13 bits per heavy atom. The second-order valence-electron chi connectivity index (χ2n) is 5.20. The normalized spacial score (nSPS) is 20.3. The molecule has 1 saturated carbocycles. The van der Waals surface area contributed by atoms with Crippen LogP contribution in [-0.4, -0.2) is 37.6 Å². The highest BCUT2D eigenvalue weighted by atomic mass is 15.1. The molecule has 1 aliphatic rings. The van der Waals surface area contributed by atoms with Gasteiger partial charge in [0.05, 0.1) is 6.07 Å². The summed E-state index contributed by atoms with van der Waals surface area (Å²) in [7, 11) is 4.01. The van der Waals surface area contributed by atoms with Crippen molar-refractivity contribution >= 4 is 0 Å². The van der Waals surface area contributed by atoms with E-state index in [1.54, 1.807) is 0 Å². The van der Waals surface area contributed by atoms with Crippen LogP contribution in [0.25, 0.3) is 0 Å². The molecule has 86 valence electrons.